The van der Waals surface area contributed by atoms with Crippen LogP contribution >= 0.6 is 0 Å². The van der Waals surface area contributed by atoms with Crippen LogP contribution < -0.4 is 11.2 Å². The summed E-state index contributed by atoms with van der Waals surface area (Å²) < 4.78 is 0. The summed E-state index contributed by atoms with van der Waals surface area (Å²) in [6, 6.07) is 25.2. The summed E-state index contributed by atoms with van der Waals surface area (Å²) in [6.07, 6.45) is 1.28. The Hall–Kier alpha value is -4.26. The summed E-state index contributed by atoms with van der Waals surface area (Å²) in [4.78, 5) is 15.5. The minimum Gasteiger partial charge on any atom is -0.481 e. The second-order valence-corrected chi connectivity index (χ2v) is 7.49. The van der Waals surface area contributed by atoms with Crippen molar-refractivity contribution in [1.82, 2.24) is 0 Å². The van der Waals surface area contributed by atoms with Gasteiger partial charge in [-0.1, -0.05) is 60.7 Å². The molecule has 0 aliphatic rings. The number of carbonyl (C=O) groups is 1. The number of nitrogens with one attached hydrogen (secondary N) is 2. The molecule has 3 rings (SSSR count). The van der Waals surface area contributed by atoms with Crippen molar-refractivity contribution in [1.29, 1.82) is 5.41 Å². The zero-order valence-electron chi connectivity index (χ0n) is 18.4. The van der Waals surface area contributed by atoms with Crippen molar-refractivity contribution in [3.63, 3.8) is 0 Å². The van der Waals surface area contributed by atoms with Gasteiger partial charge < -0.3 is 16.3 Å². The van der Waals surface area contributed by atoms with Gasteiger partial charge in [0.15, 0.2) is 0 Å². The van der Waals surface area contributed by atoms with E-state index in [1.165, 1.54) is 6.21 Å². The molecule has 33 heavy (non-hydrogen) atoms. The molecule has 3 aromatic rings. The number of aliphatic imine (C=N–C) groups is 1. The Kier molecular flexibility index (Phi) is 8.07. The van der Waals surface area contributed by atoms with Crippen molar-refractivity contribution in [3.8, 4) is 0 Å². The van der Waals surface area contributed by atoms with Crippen LogP contribution in [0.4, 0.5) is 5.69 Å². The predicted octanol–water partition coefficient (Wildman–Crippen LogP) is 4.29. The van der Waals surface area contributed by atoms with Gasteiger partial charge in [-0.15, -0.1) is 0 Å². The Labute approximate surface area is 193 Å². The molecule has 0 fully saturated rings. The van der Waals surface area contributed by atoms with Crippen LogP contribution in [0, 0.1) is 5.41 Å². The second kappa shape index (κ2) is 11.4. The first-order valence-corrected chi connectivity index (χ1v) is 10.5. The Morgan fingerprint density at radius 1 is 1.06 bits per heavy atom. The number of hydrazone groups is 1. The lowest BCUT2D eigenvalue weighted by molar-refractivity contribution is -0.137. The van der Waals surface area contributed by atoms with Crippen LogP contribution in [0.1, 0.15) is 34.6 Å². The van der Waals surface area contributed by atoms with Gasteiger partial charge in [-0.25, -0.2) is 0 Å². The topological polar surface area (TPSA) is 124 Å². The fraction of sp³-hybridized carbons (Fsp3) is 0.154. The first kappa shape index (κ1) is 23.4. The van der Waals surface area contributed by atoms with Crippen LogP contribution in [-0.4, -0.2) is 35.8 Å². The first-order valence-electron chi connectivity index (χ1n) is 10.5. The largest absolute Gasteiger partial charge is 0.481 e. The standard InChI is InChI=1S/C26H27N5O2/c1-29-24(17-31-28)23(15-25(32)33)19-10-12-22(13-11-19)30-16-18-6-5-9-21(14-18)26(27)20-7-3-2-4-8-20/h2-14,17,23,27,30H,15-16,28H2,1H3,(H,32,33). The maximum atomic E-state index is 11.3. The molecule has 0 aliphatic heterocycles. The molecule has 0 spiro atoms. The third kappa shape index (κ3) is 6.36. The SMILES string of the molecule is CN=C(C=NN)C(CC(=O)O)c1ccc(NCc2cccc(C(=N)c3ccccc3)c2)cc1. The van der Waals surface area contributed by atoms with Gasteiger partial charge in [-0.3, -0.25) is 15.2 Å². The van der Waals surface area contributed by atoms with Crippen LogP contribution in [0.25, 0.3) is 0 Å². The number of benzene rings is 3. The summed E-state index contributed by atoms with van der Waals surface area (Å²) in [6.45, 7) is 0.593. The maximum Gasteiger partial charge on any atom is 0.304 e. The van der Waals surface area contributed by atoms with Crippen LogP contribution in [-0.2, 0) is 11.3 Å². The molecule has 0 radical (unpaired) electrons. The lowest BCUT2D eigenvalue weighted by Gasteiger charge is -2.16. The van der Waals surface area contributed by atoms with E-state index in [0.29, 0.717) is 18.0 Å². The maximum absolute atomic E-state index is 11.3. The molecule has 1 atom stereocenters. The van der Waals surface area contributed by atoms with Crippen LogP contribution in [0.2, 0.25) is 0 Å². The number of nitrogens with two attached hydrogens (primary N) is 1. The Morgan fingerprint density at radius 2 is 1.76 bits per heavy atom. The molecular formula is C26H27N5O2. The normalized spacial score (nSPS) is 12.5. The van der Waals surface area contributed by atoms with Crippen LogP contribution in [0.3, 0.4) is 0 Å². The van der Waals surface area contributed by atoms with E-state index < -0.39 is 11.9 Å². The molecule has 0 saturated heterocycles. The van der Waals surface area contributed by atoms with Gasteiger partial charge in [0.25, 0.3) is 0 Å². The highest BCUT2D eigenvalue weighted by Gasteiger charge is 2.20. The number of anilines is 1. The number of hydrogen-bond donors (Lipinski definition) is 4. The van der Waals surface area contributed by atoms with Gasteiger partial charge in [0, 0.05) is 30.8 Å². The van der Waals surface area contributed by atoms with Gasteiger partial charge in [-0.2, -0.15) is 5.10 Å². The monoisotopic (exact) mass is 441 g/mol. The quantitative estimate of drug-likeness (QED) is 0.213. The molecule has 0 saturated carbocycles. The zero-order valence-corrected chi connectivity index (χ0v) is 18.4. The van der Waals surface area contributed by atoms with E-state index >= 15 is 0 Å². The van der Waals surface area contributed by atoms with Gasteiger partial charge >= 0.3 is 5.97 Å². The molecule has 168 valence electrons. The third-order valence-corrected chi connectivity index (χ3v) is 5.29. The number of rotatable bonds is 10. The molecule has 0 amide bonds. The molecule has 0 aliphatic carbocycles. The molecular weight excluding hydrogens is 414 g/mol. The van der Waals surface area contributed by atoms with E-state index in [2.05, 4.69) is 15.4 Å². The molecule has 0 heterocycles. The van der Waals surface area contributed by atoms with Gasteiger partial charge in [0.2, 0.25) is 0 Å². The van der Waals surface area contributed by atoms with Crippen LogP contribution in [0.5, 0.6) is 0 Å². The summed E-state index contributed by atoms with van der Waals surface area (Å²) in [5.41, 5.74) is 5.52. The summed E-state index contributed by atoms with van der Waals surface area (Å²) in [5.74, 6) is 3.89. The van der Waals surface area contributed by atoms with E-state index in [4.69, 9.17) is 11.3 Å². The Balaban J connectivity index is 1.70. The van der Waals surface area contributed by atoms with Gasteiger partial charge in [0.1, 0.15) is 0 Å². The highest BCUT2D eigenvalue weighted by atomic mass is 16.4. The molecule has 0 bridgehead atoms. The average Bonchev–Trinajstić information content (AvgIpc) is 2.85. The zero-order chi connectivity index (χ0) is 23.6. The molecule has 0 aromatic heterocycles. The average molecular weight is 442 g/mol. The molecule has 7 nitrogen and oxygen atoms in total. The molecule has 7 heteroatoms. The third-order valence-electron chi connectivity index (χ3n) is 5.29. The lowest BCUT2D eigenvalue weighted by Crippen LogP contribution is -2.18. The summed E-state index contributed by atoms with van der Waals surface area (Å²) in [5, 5.41) is 24.6. The lowest BCUT2D eigenvalue weighted by atomic mass is 9.91. The minimum absolute atomic E-state index is 0.106. The van der Waals surface area contributed by atoms with Crippen LogP contribution in [0.15, 0.2) is 89.0 Å². The summed E-state index contributed by atoms with van der Waals surface area (Å²) >= 11 is 0. The number of aliphatic carboxylic acids is 1. The number of hydrogen-bond acceptors (Lipinski definition) is 6. The van der Waals surface area contributed by atoms with E-state index in [1.54, 1.807) is 7.05 Å². The molecule has 3 aromatic carbocycles. The fourth-order valence-corrected chi connectivity index (χ4v) is 3.59. The fourth-order valence-electron chi connectivity index (χ4n) is 3.59. The van der Waals surface area contributed by atoms with Crippen molar-refractivity contribution in [3.05, 3.63) is 101 Å². The predicted molar refractivity (Wildman–Crippen MR) is 134 cm³/mol. The van der Waals surface area contributed by atoms with Crippen molar-refractivity contribution in [2.24, 2.45) is 15.9 Å². The van der Waals surface area contributed by atoms with Crippen molar-refractivity contribution < 1.29 is 9.90 Å². The Morgan fingerprint density at radius 3 is 2.39 bits per heavy atom. The van der Waals surface area contributed by atoms with E-state index in [-0.39, 0.29) is 6.42 Å². The molecule has 5 N–H and O–H groups in total. The second-order valence-electron chi connectivity index (χ2n) is 7.49. The first-order chi connectivity index (χ1) is 16.0. The summed E-state index contributed by atoms with van der Waals surface area (Å²) in [7, 11) is 1.59. The van der Waals surface area contributed by atoms with Crippen molar-refractivity contribution >= 4 is 29.3 Å². The molecule has 1 unspecified atom stereocenters. The van der Waals surface area contributed by atoms with Crippen molar-refractivity contribution in [2.75, 3.05) is 12.4 Å². The number of carboxylic acids is 1. The van der Waals surface area contributed by atoms with E-state index in [0.717, 1.165) is 27.9 Å². The van der Waals surface area contributed by atoms with Gasteiger partial charge in [-0.05, 0) is 34.9 Å². The van der Waals surface area contributed by atoms with E-state index in [9.17, 15) is 9.90 Å². The van der Waals surface area contributed by atoms with Crippen molar-refractivity contribution in [2.45, 2.75) is 18.9 Å². The number of carboxylic acid groups (broad SMARTS) is 1. The highest BCUT2D eigenvalue weighted by molar-refractivity contribution is 6.33. The minimum atomic E-state index is -0.922. The number of nitrogens with zero attached hydrogens (tertiary/aromatic N) is 2. The van der Waals surface area contributed by atoms with Gasteiger partial charge in [0.05, 0.1) is 24.1 Å². The highest BCUT2D eigenvalue weighted by Crippen LogP contribution is 2.24. The Bertz CT molecular complexity index is 1150. The van der Waals surface area contributed by atoms with E-state index in [1.807, 2.05) is 78.9 Å². The smallest absolute Gasteiger partial charge is 0.304 e.